The van der Waals surface area contributed by atoms with Crippen LogP contribution >= 0.6 is 0 Å². The third kappa shape index (κ3) is 3.11. The first kappa shape index (κ1) is 16.0. The molecule has 3 rings (SSSR count). The van der Waals surface area contributed by atoms with Crippen molar-refractivity contribution in [3.63, 3.8) is 0 Å². The predicted molar refractivity (Wildman–Crippen MR) is 85.8 cm³/mol. The van der Waals surface area contributed by atoms with E-state index in [0.717, 1.165) is 44.6 Å². The number of nitrogens with one attached hydrogen (secondary N) is 1. The number of methoxy groups -OCH3 is 1. The summed E-state index contributed by atoms with van der Waals surface area (Å²) in [5.41, 5.74) is 0.594. The van der Waals surface area contributed by atoms with Crippen molar-refractivity contribution in [1.29, 1.82) is 0 Å². The molecular formula is C16H23N3O4. The molecule has 1 heterocycles. The summed E-state index contributed by atoms with van der Waals surface area (Å²) in [6.45, 7) is 3.72. The summed E-state index contributed by atoms with van der Waals surface area (Å²) >= 11 is 0. The van der Waals surface area contributed by atoms with Crippen LogP contribution < -0.4 is 10.1 Å². The summed E-state index contributed by atoms with van der Waals surface area (Å²) in [4.78, 5) is 13.1. The first-order chi connectivity index (χ1) is 11.1. The second kappa shape index (κ2) is 6.72. The lowest BCUT2D eigenvalue weighted by molar-refractivity contribution is -0.386. The Kier molecular flexibility index (Phi) is 4.68. The monoisotopic (exact) mass is 321 g/mol. The molecule has 7 heteroatoms. The minimum atomic E-state index is -0.545. The molecule has 0 unspecified atom stereocenters. The van der Waals surface area contributed by atoms with Crippen molar-refractivity contribution >= 4 is 5.69 Å². The van der Waals surface area contributed by atoms with E-state index in [4.69, 9.17) is 4.74 Å². The second-order valence-corrected chi connectivity index (χ2v) is 6.27. The Balaban J connectivity index is 2.00. The minimum Gasteiger partial charge on any atom is -0.500 e. The van der Waals surface area contributed by atoms with E-state index in [2.05, 4.69) is 10.2 Å². The molecule has 0 aromatic heterocycles. The van der Waals surface area contributed by atoms with Crippen LogP contribution in [0.25, 0.3) is 0 Å². The molecule has 1 aromatic rings. The van der Waals surface area contributed by atoms with Gasteiger partial charge in [0.2, 0.25) is 5.75 Å². The number of hydrogen-bond acceptors (Lipinski definition) is 6. The van der Waals surface area contributed by atoms with Crippen molar-refractivity contribution in [2.45, 2.75) is 25.3 Å². The topological polar surface area (TPSA) is 87.9 Å². The van der Waals surface area contributed by atoms with Crippen LogP contribution in [0.5, 0.6) is 11.5 Å². The van der Waals surface area contributed by atoms with Gasteiger partial charge in [-0.15, -0.1) is 0 Å². The third-order valence-corrected chi connectivity index (χ3v) is 4.98. The molecule has 1 aliphatic carbocycles. The number of aromatic hydroxyl groups is 1. The van der Waals surface area contributed by atoms with Crippen molar-refractivity contribution in [2.24, 2.45) is 5.92 Å². The Morgan fingerprint density at radius 3 is 2.61 bits per heavy atom. The second-order valence-electron chi connectivity index (χ2n) is 6.27. The van der Waals surface area contributed by atoms with Gasteiger partial charge in [-0.2, -0.15) is 0 Å². The van der Waals surface area contributed by atoms with Crippen molar-refractivity contribution in [3.05, 3.63) is 27.8 Å². The normalized spacial score (nSPS) is 20.7. The lowest BCUT2D eigenvalue weighted by atomic mass is 9.76. The van der Waals surface area contributed by atoms with Gasteiger partial charge in [0, 0.05) is 38.3 Å². The first-order valence-corrected chi connectivity index (χ1v) is 8.12. The average molecular weight is 321 g/mol. The van der Waals surface area contributed by atoms with Gasteiger partial charge < -0.3 is 15.2 Å². The van der Waals surface area contributed by atoms with Gasteiger partial charge in [0.05, 0.1) is 12.0 Å². The number of nitro groups is 1. The summed E-state index contributed by atoms with van der Waals surface area (Å²) in [5.74, 6) is 0.296. The van der Waals surface area contributed by atoms with Crippen LogP contribution in [0.1, 0.15) is 30.9 Å². The van der Waals surface area contributed by atoms with Crippen LogP contribution in [-0.4, -0.2) is 48.2 Å². The fourth-order valence-electron chi connectivity index (χ4n) is 3.58. The highest BCUT2D eigenvalue weighted by Crippen LogP contribution is 2.46. The molecule has 1 aliphatic heterocycles. The Bertz CT molecular complexity index is 583. The smallest absolute Gasteiger partial charge is 0.314 e. The largest absolute Gasteiger partial charge is 0.500 e. The number of ether oxygens (including phenoxy) is 1. The molecule has 126 valence electrons. The van der Waals surface area contributed by atoms with E-state index in [-0.39, 0.29) is 17.5 Å². The summed E-state index contributed by atoms with van der Waals surface area (Å²) < 4.78 is 5.16. The standard InChI is InChI=1S/C16H23N3O4/c1-23-14-10-12(9-13(16(14)20)19(21)22)15(11-3-2-4-11)18-7-5-17-6-8-18/h9-11,15,17,20H,2-8H2,1H3/t15-/m0/s1. The van der Waals surface area contributed by atoms with E-state index >= 15 is 0 Å². The van der Waals surface area contributed by atoms with Crippen LogP contribution in [-0.2, 0) is 0 Å². The molecule has 1 saturated carbocycles. The zero-order valence-electron chi connectivity index (χ0n) is 13.3. The minimum absolute atomic E-state index is 0.152. The van der Waals surface area contributed by atoms with E-state index in [1.54, 1.807) is 6.07 Å². The lowest BCUT2D eigenvalue weighted by Crippen LogP contribution is -2.47. The van der Waals surface area contributed by atoms with E-state index in [0.29, 0.717) is 5.92 Å². The highest BCUT2D eigenvalue weighted by molar-refractivity contribution is 5.57. The van der Waals surface area contributed by atoms with Gasteiger partial charge in [0.1, 0.15) is 0 Å². The lowest BCUT2D eigenvalue weighted by Gasteiger charge is -2.43. The van der Waals surface area contributed by atoms with Crippen molar-refractivity contribution in [1.82, 2.24) is 10.2 Å². The highest BCUT2D eigenvalue weighted by Gasteiger charge is 2.35. The van der Waals surface area contributed by atoms with Crippen molar-refractivity contribution < 1.29 is 14.8 Å². The SMILES string of the molecule is COc1cc([C@H](C2CCC2)N2CCNCC2)cc([N+](=O)[O-])c1O. The Labute approximate surface area is 135 Å². The van der Waals surface area contributed by atoms with Gasteiger partial charge in [-0.1, -0.05) is 6.42 Å². The number of hydrogen-bond donors (Lipinski definition) is 2. The number of nitro benzene ring substituents is 1. The number of benzene rings is 1. The van der Waals surface area contributed by atoms with Gasteiger partial charge in [0.15, 0.2) is 5.75 Å². The summed E-state index contributed by atoms with van der Waals surface area (Å²) in [6.07, 6.45) is 3.50. The Morgan fingerprint density at radius 2 is 2.09 bits per heavy atom. The number of phenolic OH excluding ortho intramolecular Hbond substituents is 1. The van der Waals surface area contributed by atoms with E-state index < -0.39 is 10.7 Å². The molecule has 1 atom stereocenters. The van der Waals surface area contributed by atoms with Crippen LogP contribution in [0.4, 0.5) is 5.69 Å². The number of rotatable bonds is 5. The first-order valence-electron chi connectivity index (χ1n) is 8.12. The fraction of sp³-hybridized carbons (Fsp3) is 0.625. The molecule has 7 nitrogen and oxygen atoms in total. The summed E-state index contributed by atoms with van der Waals surface area (Å²) in [6, 6.07) is 3.43. The Hall–Kier alpha value is -1.86. The van der Waals surface area contributed by atoms with Gasteiger partial charge in [0.25, 0.3) is 0 Å². The van der Waals surface area contributed by atoms with Crippen LogP contribution in [0.15, 0.2) is 12.1 Å². The third-order valence-electron chi connectivity index (χ3n) is 4.98. The molecule has 23 heavy (non-hydrogen) atoms. The maximum atomic E-state index is 11.3. The number of piperazine rings is 1. The van der Waals surface area contributed by atoms with Gasteiger partial charge in [-0.05, 0) is 30.4 Å². The molecule has 2 N–H and O–H groups in total. The number of nitrogens with zero attached hydrogens (tertiary/aromatic N) is 2. The van der Waals surface area contributed by atoms with E-state index in [9.17, 15) is 15.2 Å². The molecule has 1 saturated heterocycles. The number of phenols is 1. The van der Waals surface area contributed by atoms with Gasteiger partial charge in [-0.3, -0.25) is 15.0 Å². The zero-order valence-corrected chi connectivity index (χ0v) is 13.3. The van der Waals surface area contributed by atoms with Gasteiger partial charge in [-0.25, -0.2) is 0 Å². The fourth-order valence-corrected chi connectivity index (χ4v) is 3.58. The molecule has 0 bridgehead atoms. The van der Waals surface area contributed by atoms with E-state index in [1.165, 1.54) is 19.6 Å². The predicted octanol–water partition coefficient (Wildman–Crippen LogP) is 2.06. The van der Waals surface area contributed by atoms with Gasteiger partial charge >= 0.3 is 5.69 Å². The van der Waals surface area contributed by atoms with Crippen molar-refractivity contribution in [3.8, 4) is 11.5 Å². The zero-order chi connectivity index (χ0) is 16.4. The van der Waals surface area contributed by atoms with Crippen LogP contribution in [0, 0.1) is 16.0 Å². The molecule has 2 fully saturated rings. The van der Waals surface area contributed by atoms with Crippen LogP contribution in [0.3, 0.4) is 0 Å². The summed E-state index contributed by atoms with van der Waals surface area (Å²) in [5, 5.41) is 24.6. The highest BCUT2D eigenvalue weighted by atomic mass is 16.6. The maximum Gasteiger partial charge on any atom is 0.314 e. The quantitative estimate of drug-likeness (QED) is 0.637. The van der Waals surface area contributed by atoms with E-state index in [1.807, 2.05) is 0 Å². The molecule has 0 amide bonds. The Morgan fingerprint density at radius 1 is 1.39 bits per heavy atom. The molecule has 1 aromatic carbocycles. The maximum absolute atomic E-state index is 11.3. The summed E-state index contributed by atoms with van der Waals surface area (Å²) in [7, 11) is 1.42. The molecule has 0 radical (unpaired) electrons. The van der Waals surface area contributed by atoms with Crippen molar-refractivity contribution in [2.75, 3.05) is 33.3 Å². The van der Waals surface area contributed by atoms with Crippen LogP contribution in [0.2, 0.25) is 0 Å². The average Bonchev–Trinajstić information content (AvgIpc) is 2.51. The molecular weight excluding hydrogens is 298 g/mol. The molecule has 2 aliphatic rings. The molecule has 0 spiro atoms.